The van der Waals surface area contributed by atoms with E-state index in [0.29, 0.717) is 37.3 Å². The number of ether oxygens (including phenoxy) is 1. The van der Waals surface area contributed by atoms with Crippen LogP contribution in [0, 0.1) is 35.0 Å². The first-order valence-corrected chi connectivity index (χ1v) is 15.0. The van der Waals surface area contributed by atoms with E-state index in [2.05, 4.69) is 16.0 Å². The van der Waals surface area contributed by atoms with E-state index in [1.165, 1.54) is 19.3 Å². The van der Waals surface area contributed by atoms with Gasteiger partial charge in [0, 0.05) is 17.9 Å². The Morgan fingerprint density at radius 3 is 2.19 bits per heavy atom. The normalized spacial score (nSPS) is 33.1. The molecule has 1 unspecified atom stereocenters. The van der Waals surface area contributed by atoms with Gasteiger partial charge < -0.3 is 25.8 Å². The fourth-order valence-electron chi connectivity index (χ4n) is 7.49. The summed E-state index contributed by atoms with van der Waals surface area (Å²) in [5, 5.41) is 17.9. The van der Waals surface area contributed by atoms with Crippen LogP contribution in [0.5, 0.6) is 0 Å². The predicted molar refractivity (Wildman–Crippen MR) is 134 cm³/mol. The van der Waals surface area contributed by atoms with E-state index in [-0.39, 0.29) is 30.1 Å². The molecule has 4 bridgehead atoms. The minimum atomic E-state index is -4.91. The first kappa shape index (κ1) is 28.1. The van der Waals surface area contributed by atoms with Crippen LogP contribution in [0.15, 0.2) is 0 Å². The number of aliphatic hydroxyl groups excluding tert-OH is 1. The summed E-state index contributed by atoms with van der Waals surface area (Å²) in [6, 6.07) is -2.48. The number of hydrogen-bond acceptors (Lipinski definition) is 7. The van der Waals surface area contributed by atoms with Crippen LogP contribution in [-0.4, -0.2) is 66.7 Å². The van der Waals surface area contributed by atoms with Crippen molar-refractivity contribution in [3.05, 3.63) is 0 Å². The highest BCUT2D eigenvalue weighted by Gasteiger charge is 2.51. The Morgan fingerprint density at radius 2 is 1.70 bits per heavy atom. The molecule has 0 aromatic heterocycles. The van der Waals surface area contributed by atoms with E-state index in [1.54, 1.807) is 0 Å². The van der Waals surface area contributed by atoms with E-state index in [1.807, 2.05) is 13.8 Å². The maximum Gasteiger partial charge on any atom is 0.407 e. The highest BCUT2D eigenvalue weighted by Crippen LogP contribution is 2.60. The Bertz CT molecular complexity index is 949. The van der Waals surface area contributed by atoms with Gasteiger partial charge in [0.25, 0.3) is 10.1 Å². The fraction of sp³-hybridized carbons (Fsp3) is 0.880. The van der Waals surface area contributed by atoms with Crippen molar-refractivity contribution in [1.29, 1.82) is 0 Å². The molecule has 4 saturated carbocycles. The van der Waals surface area contributed by atoms with Gasteiger partial charge in [-0.1, -0.05) is 13.8 Å². The van der Waals surface area contributed by atoms with Crippen molar-refractivity contribution in [2.75, 3.05) is 13.2 Å². The summed E-state index contributed by atoms with van der Waals surface area (Å²) in [5.74, 6) is 0.494. The van der Waals surface area contributed by atoms with Crippen molar-refractivity contribution in [1.82, 2.24) is 16.0 Å². The minimum Gasteiger partial charge on any atom is -0.449 e. The van der Waals surface area contributed by atoms with Gasteiger partial charge in [0.15, 0.2) is 0 Å². The first-order valence-electron chi connectivity index (χ1n) is 13.5. The number of carbonyl (C=O) groups excluding carboxylic acids is 3. The molecule has 0 radical (unpaired) electrons. The third-order valence-electron chi connectivity index (χ3n) is 8.67. The zero-order valence-corrected chi connectivity index (χ0v) is 22.5. The topological polar surface area (TPSA) is 171 Å². The number of aliphatic hydroxyl groups is 1. The molecule has 0 aromatic rings. The van der Waals surface area contributed by atoms with Crippen LogP contribution in [0.25, 0.3) is 0 Å². The molecule has 0 aromatic carbocycles. The highest BCUT2D eigenvalue weighted by atomic mass is 32.2. The Kier molecular flexibility index (Phi) is 8.40. The van der Waals surface area contributed by atoms with Crippen LogP contribution < -0.4 is 16.0 Å². The number of alkyl carbamates (subject to hydrolysis) is 1. The number of carbonyl (C=O) groups is 3. The molecule has 4 atom stereocenters. The van der Waals surface area contributed by atoms with Gasteiger partial charge in [0.2, 0.25) is 17.3 Å². The van der Waals surface area contributed by atoms with Gasteiger partial charge in [0.1, 0.15) is 6.04 Å². The quantitative estimate of drug-likeness (QED) is 0.244. The van der Waals surface area contributed by atoms with Gasteiger partial charge in [-0.25, -0.2) is 4.79 Å². The van der Waals surface area contributed by atoms with Crippen molar-refractivity contribution in [2.45, 2.75) is 89.2 Å². The summed E-state index contributed by atoms with van der Waals surface area (Å²) in [6.07, 6.45) is 6.83. The number of rotatable bonds is 11. The number of hydrogen-bond donors (Lipinski definition) is 5. The van der Waals surface area contributed by atoms with Crippen molar-refractivity contribution in [3.63, 3.8) is 0 Å². The van der Waals surface area contributed by atoms with Gasteiger partial charge in [0.05, 0.1) is 12.6 Å². The molecule has 5 N–H and O–H groups in total. The summed E-state index contributed by atoms with van der Waals surface area (Å²) in [5.41, 5.74) is -2.29. The second-order valence-corrected chi connectivity index (χ2v) is 13.9. The molecular weight excluding hydrogens is 502 g/mol. The van der Waals surface area contributed by atoms with Gasteiger partial charge in [-0.05, 0) is 81.5 Å². The molecule has 37 heavy (non-hydrogen) atoms. The number of nitrogens with one attached hydrogen (secondary N) is 3. The third kappa shape index (κ3) is 6.94. The molecule has 11 nitrogen and oxygen atoms in total. The Hall–Kier alpha value is -1.92. The maximum atomic E-state index is 13.2. The summed E-state index contributed by atoms with van der Waals surface area (Å²) < 4.78 is 38.3. The summed E-state index contributed by atoms with van der Waals surface area (Å²) in [7, 11) is -4.91. The zero-order chi connectivity index (χ0) is 27.0. The molecule has 1 heterocycles. The van der Waals surface area contributed by atoms with Gasteiger partial charge in [-0.2, -0.15) is 8.42 Å². The monoisotopic (exact) mass is 543 g/mol. The molecule has 5 fully saturated rings. The minimum absolute atomic E-state index is 0.00441. The van der Waals surface area contributed by atoms with Crippen molar-refractivity contribution < 1.29 is 37.2 Å². The second-order valence-electron chi connectivity index (χ2n) is 12.4. The SMILES string of the molecule is CC(C)C[C@H](NC(=O)OCC12CC3CC(CC(C3)C1)C2)C(=O)N[C@@H](C[C@H]1CCNC1=O)C(O)S(=O)(=O)O. The summed E-state index contributed by atoms with van der Waals surface area (Å²) in [4.78, 5) is 38.0. The van der Waals surface area contributed by atoms with Crippen molar-refractivity contribution in [2.24, 2.45) is 35.0 Å². The Balaban J connectivity index is 1.38. The molecule has 5 rings (SSSR count). The lowest BCUT2D eigenvalue weighted by molar-refractivity contribution is -0.126. The lowest BCUT2D eigenvalue weighted by atomic mass is 9.50. The largest absolute Gasteiger partial charge is 0.449 e. The molecule has 5 aliphatic rings. The van der Waals surface area contributed by atoms with Crippen LogP contribution in [0.4, 0.5) is 4.79 Å². The average Bonchev–Trinajstić information content (AvgIpc) is 3.18. The fourth-order valence-corrected chi connectivity index (χ4v) is 8.08. The molecule has 4 aliphatic carbocycles. The van der Waals surface area contributed by atoms with Crippen LogP contribution in [0.2, 0.25) is 0 Å². The third-order valence-corrected chi connectivity index (χ3v) is 9.61. The predicted octanol–water partition coefficient (Wildman–Crippen LogP) is 1.56. The Labute approximate surface area is 218 Å². The van der Waals surface area contributed by atoms with E-state index >= 15 is 0 Å². The second kappa shape index (κ2) is 11.1. The lowest BCUT2D eigenvalue weighted by Gasteiger charge is -2.56. The van der Waals surface area contributed by atoms with Crippen molar-refractivity contribution in [3.8, 4) is 0 Å². The summed E-state index contributed by atoms with van der Waals surface area (Å²) in [6.45, 7) is 4.46. The van der Waals surface area contributed by atoms with Crippen LogP contribution >= 0.6 is 0 Å². The zero-order valence-electron chi connectivity index (χ0n) is 21.6. The van der Waals surface area contributed by atoms with E-state index in [9.17, 15) is 32.5 Å². The van der Waals surface area contributed by atoms with Crippen LogP contribution in [0.1, 0.15) is 71.6 Å². The van der Waals surface area contributed by atoms with Gasteiger partial charge in [-0.3, -0.25) is 14.1 Å². The molecule has 210 valence electrons. The van der Waals surface area contributed by atoms with Crippen LogP contribution in [0.3, 0.4) is 0 Å². The molecule has 1 saturated heterocycles. The van der Waals surface area contributed by atoms with Gasteiger partial charge >= 0.3 is 6.09 Å². The van der Waals surface area contributed by atoms with Crippen molar-refractivity contribution >= 4 is 28.0 Å². The Morgan fingerprint density at radius 1 is 1.11 bits per heavy atom. The molecule has 3 amide bonds. The highest BCUT2D eigenvalue weighted by molar-refractivity contribution is 7.86. The molecular formula is C25H41N3O8S. The summed E-state index contributed by atoms with van der Waals surface area (Å²) >= 11 is 0. The average molecular weight is 544 g/mol. The standard InChI is InChI=1S/C25H41N3O8S/c1-14(2)5-19(22(30)27-20(23(31)37(33,34)35)9-18-3-4-26-21(18)29)28-24(32)36-13-25-10-15-6-16(11-25)8-17(7-15)12-25/h14-20,23,31H,3-13H2,1-2H3,(H,26,29)(H,27,30)(H,28,32)(H,33,34,35)/t15?,16?,17?,18-,19+,20+,23?,25?/m1/s1. The molecule has 12 heteroatoms. The molecule has 1 aliphatic heterocycles. The van der Waals surface area contributed by atoms with Crippen LogP contribution in [-0.2, 0) is 24.4 Å². The van der Waals surface area contributed by atoms with E-state index in [0.717, 1.165) is 19.3 Å². The maximum absolute atomic E-state index is 13.2. The lowest BCUT2D eigenvalue weighted by Crippen LogP contribution is -2.55. The van der Waals surface area contributed by atoms with E-state index < -0.39 is 45.6 Å². The smallest absolute Gasteiger partial charge is 0.407 e. The first-order chi connectivity index (χ1) is 17.3. The molecule has 0 spiro atoms. The van der Waals surface area contributed by atoms with E-state index in [4.69, 9.17) is 4.74 Å². The van der Waals surface area contributed by atoms with Gasteiger partial charge in [-0.15, -0.1) is 0 Å². The number of amides is 3.